The maximum absolute atomic E-state index is 10.1. The molecule has 2 rings (SSSR count). The van der Waals surface area contributed by atoms with Crippen LogP contribution in [-0.4, -0.2) is 10.1 Å². The number of nitrogens with zero attached hydrogens (tertiary/aromatic N) is 1. The molecule has 0 amide bonds. The summed E-state index contributed by atoms with van der Waals surface area (Å²) >= 11 is 0. The number of anilines is 1. The van der Waals surface area contributed by atoms with Crippen molar-refractivity contribution in [2.75, 3.05) is 5.73 Å². The largest absolute Gasteiger partial charge is 0.425 e. The van der Waals surface area contributed by atoms with Gasteiger partial charge in [0, 0.05) is 0 Å². The van der Waals surface area contributed by atoms with E-state index < -0.39 is 6.10 Å². The van der Waals surface area contributed by atoms with E-state index in [0.29, 0.717) is 11.5 Å². The lowest BCUT2D eigenvalue weighted by Crippen LogP contribution is -2.00. The second-order valence-electron chi connectivity index (χ2n) is 3.81. The summed E-state index contributed by atoms with van der Waals surface area (Å²) in [6, 6.07) is 7.68. The van der Waals surface area contributed by atoms with Crippen molar-refractivity contribution in [1.82, 2.24) is 4.98 Å². The molecule has 0 aliphatic carbocycles. The maximum atomic E-state index is 10.1. The standard InChI is InChI=1S/C12H14N2O2/c1-7-3-5-9(6-4-7)10(15)11-8(2)14-12(13)16-11/h3-6,10,15H,1-2H3,(H2,13,14). The summed E-state index contributed by atoms with van der Waals surface area (Å²) in [5, 5.41) is 10.1. The van der Waals surface area contributed by atoms with E-state index in [4.69, 9.17) is 10.2 Å². The number of aromatic nitrogens is 1. The fraction of sp³-hybridized carbons (Fsp3) is 0.250. The molecule has 84 valence electrons. The number of rotatable bonds is 2. The third-order valence-corrected chi connectivity index (χ3v) is 2.49. The molecule has 0 aliphatic rings. The third kappa shape index (κ3) is 1.92. The van der Waals surface area contributed by atoms with E-state index in [1.807, 2.05) is 31.2 Å². The van der Waals surface area contributed by atoms with E-state index in [-0.39, 0.29) is 6.01 Å². The van der Waals surface area contributed by atoms with Gasteiger partial charge < -0.3 is 15.3 Å². The molecule has 16 heavy (non-hydrogen) atoms. The lowest BCUT2D eigenvalue weighted by atomic mass is 10.0. The van der Waals surface area contributed by atoms with Crippen molar-refractivity contribution >= 4 is 6.01 Å². The van der Waals surface area contributed by atoms with Crippen molar-refractivity contribution in [3.8, 4) is 0 Å². The number of aliphatic hydroxyl groups is 1. The lowest BCUT2D eigenvalue weighted by molar-refractivity contribution is 0.190. The summed E-state index contributed by atoms with van der Waals surface area (Å²) in [5.41, 5.74) is 7.96. The molecule has 0 aliphatic heterocycles. The van der Waals surface area contributed by atoms with Crippen LogP contribution >= 0.6 is 0 Å². The molecule has 1 aromatic carbocycles. The molecule has 0 radical (unpaired) electrons. The van der Waals surface area contributed by atoms with Crippen LogP contribution in [0.2, 0.25) is 0 Å². The summed E-state index contributed by atoms with van der Waals surface area (Å²) in [5.74, 6) is 0.404. The summed E-state index contributed by atoms with van der Waals surface area (Å²) in [6.45, 7) is 3.75. The smallest absolute Gasteiger partial charge is 0.292 e. The van der Waals surface area contributed by atoms with Gasteiger partial charge in [-0.25, -0.2) is 0 Å². The Morgan fingerprint density at radius 2 is 1.88 bits per heavy atom. The van der Waals surface area contributed by atoms with Gasteiger partial charge in [0.05, 0.1) is 5.69 Å². The first-order valence-electron chi connectivity index (χ1n) is 5.05. The van der Waals surface area contributed by atoms with Gasteiger partial charge in [0.2, 0.25) is 0 Å². The third-order valence-electron chi connectivity index (χ3n) is 2.49. The van der Waals surface area contributed by atoms with Crippen molar-refractivity contribution in [3.63, 3.8) is 0 Å². The minimum Gasteiger partial charge on any atom is -0.425 e. The maximum Gasteiger partial charge on any atom is 0.292 e. The quantitative estimate of drug-likeness (QED) is 0.808. The zero-order chi connectivity index (χ0) is 11.7. The van der Waals surface area contributed by atoms with Crippen LogP contribution in [0.1, 0.15) is 28.7 Å². The predicted octanol–water partition coefficient (Wildman–Crippen LogP) is 1.96. The number of hydrogen-bond donors (Lipinski definition) is 2. The van der Waals surface area contributed by atoms with Gasteiger partial charge in [-0.15, -0.1) is 0 Å². The molecule has 3 N–H and O–H groups in total. The number of oxazole rings is 1. The number of nitrogens with two attached hydrogens (primary N) is 1. The first kappa shape index (κ1) is 10.7. The van der Waals surface area contributed by atoms with Crippen LogP contribution in [0, 0.1) is 13.8 Å². The van der Waals surface area contributed by atoms with Crippen molar-refractivity contribution < 1.29 is 9.52 Å². The van der Waals surface area contributed by atoms with Crippen LogP contribution in [0.5, 0.6) is 0 Å². The van der Waals surface area contributed by atoms with Gasteiger partial charge in [-0.1, -0.05) is 29.8 Å². The van der Waals surface area contributed by atoms with Gasteiger partial charge >= 0.3 is 0 Å². The number of benzene rings is 1. The Morgan fingerprint density at radius 3 is 2.38 bits per heavy atom. The van der Waals surface area contributed by atoms with Gasteiger partial charge in [-0.3, -0.25) is 0 Å². The lowest BCUT2D eigenvalue weighted by Gasteiger charge is -2.08. The minimum atomic E-state index is -0.814. The van der Waals surface area contributed by atoms with E-state index in [0.717, 1.165) is 11.1 Å². The number of nitrogen functional groups attached to an aromatic ring is 1. The highest BCUT2D eigenvalue weighted by Crippen LogP contribution is 2.26. The van der Waals surface area contributed by atoms with Crippen LogP contribution in [0.25, 0.3) is 0 Å². The molecular weight excluding hydrogens is 204 g/mol. The van der Waals surface area contributed by atoms with Crippen LogP contribution < -0.4 is 5.73 Å². The highest BCUT2D eigenvalue weighted by atomic mass is 16.4. The average molecular weight is 218 g/mol. The molecular formula is C12H14N2O2. The monoisotopic (exact) mass is 218 g/mol. The highest BCUT2D eigenvalue weighted by molar-refractivity contribution is 5.31. The molecule has 4 nitrogen and oxygen atoms in total. The Kier molecular flexibility index (Phi) is 2.66. The molecule has 1 aromatic heterocycles. The van der Waals surface area contributed by atoms with E-state index in [1.54, 1.807) is 6.92 Å². The molecule has 4 heteroatoms. The summed E-state index contributed by atoms with van der Waals surface area (Å²) < 4.78 is 5.18. The van der Waals surface area contributed by atoms with Gasteiger partial charge in [0.25, 0.3) is 6.01 Å². The number of aryl methyl sites for hydroxylation is 2. The highest BCUT2D eigenvalue weighted by Gasteiger charge is 2.18. The molecule has 1 heterocycles. The van der Waals surface area contributed by atoms with Crippen LogP contribution in [0.3, 0.4) is 0 Å². The van der Waals surface area contributed by atoms with Crippen LogP contribution in [0.15, 0.2) is 28.7 Å². The van der Waals surface area contributed by atoms with Crippen molar-refractivity contribution in [2.24, 2.45) is 0 Å². The van der Waals surface area contributed by atoms with E-state index >= 15 is 0 Å². The van der Waals surface area contributed by atoms with Crippen molar-refractivity contribution in [2.45, 2.75) is 20.0 Å². The van der Waals surface area contributed by atoms with Crippen molar-refractivity contribution in [1.29, 1.82) is 0 Å². The predicted molar refractivity (Wildman–Crippen MR) is 60.9 cm³/mol. The van der Waals surface area contributed by atoms with Gasteiger partial charge in [0.1, 0.15) is 6.10 Å². The second kappa shape index (κ2) is 3.98. The Balaban J connectivity index is 2.35. The molecule has 0 spiro atoms. The van der Waals surface area contributed by atoms with E-state index in [2.05, 4.69) is 4.98 Å². The first-order valence-corrected chi connectivity index (χ1v) is 5.05. The molecule has 2 aromatic rings. The van der Waals surface area contributed by atoms with Crippen LogP contribution in [0.4, 0.5) is 6.01 Å². The second-order valence-corrected chi connectivity index (χ2v) is 3.81. The van der Waals surface area contributed by atoms with E-state index in [9.17, 15) is 5.11 Å². The number of aliphatic hydroxyl groups excluding tert-OH is 1. The Bertz CT molecular complexity index is 488. The first-order chi connectivity index (χ1) is 7.58. The van der Waals surface area contributed by atoms with E-state index in [1.165, 1.54) is 0 Å². The molecule has 1 atom stereocenters. The zero-order valence-electron chi connectivity index (χ0n) is 9.27. The fourth-order valence-corrected chi connectivity index (χ4v) is 1.58. The summed E-state index contributed by atoms with van der Waals surface area (Å²) in [7, 11) is 0. The molecule has 1 unspecified atom stereocenters. The Hall–Kier alpha value is -1.81. The normalized spacial score (nSPS) is 12.7. The van der Waals surface area contributed by atoms with Gasteiger partial charge in [0.15, 0.2) is 5.76 Å². The topological polar surface area (TPSA) is 72.3 Å². The number of hydrogen-bond acceptors (Lipinski definition) is 4. The summed E-state index contributed by atoms with van der Waals surface area (Å²) in [4.78, 5) is 3.93. The van der Waals surface area contributed by atoms with Crippen molar-refractivity contribution in [3.05, 3.63) is 46.8 Å². The van der Waals surface area contributed by atoms with Crippen LogP contribution in [-0.2, 0) is 0 Å². The molecule has 0 bridgehead atoms. The minimum absolute atomic E-state index is 0.0821. The van der Waals surface area contributed by atoms with Gasteiger partial charge in [-0.05, 0) is 19.4 Å². The van der Waals surface area contributed by atoms with Gasteiger partial charge in [-0.2, -0.15) is 4.98 Å². The Morgan fingerprint density at radius 1 is 1.25 bits per heavy atom. The average Bonchev–Trinajstić information content (AvgIpc) is 2.58. The fourth-order valence-electron chi connectivity index (χ4n) is 1.58. The summed E-state index contributed by atoms with van der Waals surface area (Å²) in [6.07, 6.45) is -0.814. The Labute approximate surface area is 93.7 Å². The zero-order valence-corrected chi connectivity index (χ0v) is 9.27. The SMILES string of the molecule is Cc1ccc(C(O)c2oc(N)nc2C)cc1. The molecule has 0 fully saturated rings. The molecule has 0 saturated heterocycles. The molecule has 0 saturated carbocycles.